The first-order valence-corrected chi connectivity index (χ1v) is 4.18. The van der Waals surface area contributed by atoms with Crippen LogP contribution in [0.25, 0.3) is 0 Å². The zero-order valence-corrected chi connectivity index (χ0v) is 7.15. The molecule has 0 amide bonds. The SMILES string of the molecule is CC(C)=C[Si]C(C)C. The number of hydrogen-bond donors (Lipinski definition) is 0. The Morgan fingerprint density at radius 2 is 1.88 bits per heavy atom. The number of rotatable bonds is 2. The molecule has 0 aliphatic carbocycles. The highest BCUT2D eigenvalue weighted by atomic mass is 28.2. The predicted molar refractivity (Wildman–Crippen MR) is 40.3 cm³/mol. The summed E-state index contributed by atoms with van der Waals surface area (Å²) in [6.45, 7) is 8.79. The molecule has 8 heavy (non-hydrogen) atoms. The quantitative estimate of drug-likeness (QED) is 0.498. The maximum absolute atomic E-state index is 2.31. The Morgan fingerprint density at radius 3 is 2.00 bits per heavy atom. The second-order valence-electron chi connectivity index (χ2n) is 2.54. The molecular weight excluding hydrogens is 112 g/mol. The lowest BCUT2D eigenvalue weighted by atomic mass is 10.4. The van der Waals surface area contributed by atoms with E-state index in [1.54, 1.807) is 0 Å². The van der Waals surface area contributed by atoms with Gasteiger partial charge in [0, 0.05) is 0 Å². The summed E-state index contributed by atoms with van der Waals surface area (Å²) in [7, 11) is 1.01. The highest BCUT2D eigenvalue weighted by Gasteiger charge is 1.88. The van der Waals surface area contributed by atoms with Crippen molar-refractivity contribution in [2.45, 2.75) is 33.2 Å². The Kier molecular flexibility index (Phi) is 3.88. The van der Waals surface area contributed by atoms with Crippen LogP contribution >= 0.6 is 0 Å². The molecule has 0 aliphatic heterocycles. The van der Waals surface area contributed by atoms with Crippen molar-refractivity contribution in [1.82, 2.24) is 0 Å². The minimum atomic E-state index is 0.838. The van der Waals surface area contributed by atoms with E-state index in [9.17, 15) is 0 Å². The Hall–Kier alpha value is -0.0431. The first-order chi connectivity index (χ1) is 3.63. The van der Waals surface area contributed by atoms with Crippen molar-refractivity contribution in [3.8, 4) is 0 Å². The van der Waals surface area contributed by atoms with Crippen LogP contribution in [-0.4, -0.2) is 9.52 Å². The van der Waals surface area contributed by atoms with Crippen LogP contribution in [0.5, 0.6) is 0 Å². The first kappa shape index (κ1) is 7.96. The lowest BCUT2D eigenvalue weighted by Gasteiger charge is -1.94. The van der Waals surface area contributed by atoms with E-state index >= 15 is 0 Å². The maximum Gasteiger partial charge on any atom is 0.0731 e. The summed E-state index contributed by atoms with van der Waals surface area (Å²) >= 11 is 0. The molecule has 0 aromatic carbocycles. The van der Waals surface area contributed by atoms with Crippen LogP contribution in [0.4, 0.5) is 0 Å². The molecule has 0 spiro atoms. The number of allylic oxidation sites excluding steroid dienone is 1. The largest absolute Gasteiger partial charge is 0.0999 e. The number of hydrogen-bond acceptors (Lipinski definition) is 0. The van der Waals surface area contributed by atoms with Crippen LogP contribution in [0.3, 0.4) is 0 Å². The fraction of sp³-hybridized carbons (Fsp3) is 0.714. The zero-order chi connectivity index (χ0) is 6.57. The molecule has 0 unspecified atom stereocenters. The molecular formula is C7H14Si. The molecule has 0 saturated carbocycles. The molecule has 0 fully saturated rings. The molecule has 0 rings (SSSR count). The van der Waals surface area contributed by atoms with Crippen molar-refractivity contribution in [2.75, 3.05) is 0 Å². The first-order valence-electron chi connectivity index (χ1n) is 3.02. The van der Waals surface area contributed by atoms with Gasteiger partial charge >= 0.3 is 0 Å². The topological polar surface area (TPSA) is 0 Å². The summed E-state index contributed by atoms with van der Waals surface area (Å²) in [6, 6.07) is 0. The van der Waals surface area contributed by atoms with Gasteiger partial charge in [0.1, 0.15) is 0 Å². The van der Waals surface area contributed by atoms with Crippen LogP contribution in [0.2, 0.25) is 5.54 Å². The van der Waals surface area contributed by atoms with Gasteiger partial charge < -0.3 is 0 Å². The van der Waals surface area contributed by atoms with Crippen molar-refractivity contribution in [1.29, 1.82) is 0 Å². The van der Waals surface area contributed by atoms with E-state index in [0.717, 1.165) is 15.1 Å². The third-order valence-electron chi connectivity index (χ3n) is 0.705. The predicted octanol–water partition coefficient (Wildman–Crippen LogP) is 2.44. The van der Waals surface area contributed by atoms with Crippen LogP contribution < -0.4 is 0 Å². The van der Waals surface area contributed by atoms with Gasteiger partial charge in [0.05, 0.1) is 9.52 Å². The van der Waals surface area contributed by atoms with E-state index in [1.807, 2.05) is 0 Å². The fourth-order valence-corrected chi connectivity index (χ4v) is 1.00. The smallest absolute Gasteiger partial charge is 0.0731 e. The second-order valence-corrected chi connectivity index (χ2v) is 4.32. The molecule has 0 heterocycles. The van der Waals surface area contributed by atoms with E-state index in [-0.39, 0.29) is 0 Å². The molecule has 0 bridgehead atoms. The molecule has 0 aliphatic rings. The molecule has 0 atom stereocenters. The standard InChI is InChI=1S/C7H14Si/c1-6(2)5-8-7(3)4/h5,7H,1-4H3. The molecule has 0 aromatic rings. The zero-order valence-electron chi connectivity index (χ0n) is 6.15. The summed E-state index contributed by atoms with van der Waals surface area (Å²) in [5.41, 5.74) is 4.59. The monoisotopic (exact) mass is 126 g/mol. The van der Waals surface area contributed by atoms with Gasteiger partial charge in [-0.15, -0.1) is 0 Å². The average molecular weight is 126 g/mol. The minimum Gasteiger partial charge on any atom is -0.0999 e. The summed E-state index contributed by atoms with van der Waals surface area (Å²) in [5, 5.41) is 0. The molecule has 46 valence electrons. The van der Waals surface area contributed by atoms with Crippen molar-refractivity contribution in [2.24, 2.45) is 0 Å². The van der Waals surface area contributed by atoms with Gasteiger partial charge in [-0.3, -0.25) is 0 Å². The highest BCUT2D eigenvalue weighted by Crippen LogP contribution is 1.98. The highest BCUT2D eigenvalue weighted by molar-refractivity contribution is 6.43. The van der Waals surface area contributed by atoms with E-state index in [1.165, 1.54) is 5.57 Å². The van der Waals surface area contributed by atoms with Crippen LogP contribution in [0.1, 0.15) is 27.7 Å². The summed E-state index contributed by atoms with van der Waals surface area (Å²) in [5.74, 6) is 0. The van der Waals surface area contributed by atoms with Crippen molar-refractivity contribution >= 4 is 9.52 Å². The van der Waals surface area contributed by atoms with E-state index in [2.05, 4.69) is 33.4 Å². The van der Waals surface area contributed by atoms with Crippen LogP contribution in [0, 0.1) is 0 Å². The normalized spacial score (nSPS) is 9.62. The summed E-state index contributed by atoms with van der Waals surface area (Å²) in [6.07, 6.45) is 0. The van der Waals surface area contributed by atoms with E-state index < -0.39 is 0 Å². The summed E-state index contributed by atoms with van der Waals surface area (Å²) < 4.78 is 0. The lowest BCUT2D eigenvalue weighted by molar-refractivity contribution is 1.06. The molecule has 0 aromatic heterocycles. The Labute approximate surface area is 54.8 Å². The Balaban J connectivity index is 3.29. The third-order valence-corrected chi connectivity index (χ3v) is 2.12. The summed E-state index contributed by atoms with van der Waals surface area (Å²) in [4.78, 5) is 0. The van der Waals surface area contributed by atoms with Gasteiger partial charge in [0.25, 0.3) is 0 Å². The lowest BCUT2D eigenvalue weighted by Crippen LogP contribution is -1.90. The van der Waals surface area contributed by atoms with Crippen molar-refractivity contribution in [3.63, 3.8) is 0 Å². The van der Waals surface area contributed by atoms with Crippen molar-refractivity contribution < 1.29 is 0 Å². The maximum atomic E-state index is 2.31. The molecule has 0 N–H and O–H groups in total. The molecule has 0 saturated heterocycles. The molecule has 0 nitrogen and oxygen atoms in total. The van der Waals surface area contributed by atoms with E-state index in [0.29, 0.717) is 0 Å². The van der Waals surface area contributed by atoms with Gasteiger partial charge in [-0.2, -0.15) is 0 Å². The van der Waals surface area contributed by atoms with Gasteiger partial charge in [-0.05, 0) is 13.8 Å². The van der Waals surface area contributed by atoms with E-state index in [4.69, 9.17) is 0 Å². The second kappa shape index (κ2) is 3.90. The van der Waals surface area contributed by atoms with Gasteiger partial charge in [0.15, 0.2) is 0 Å². The molecule has 1 heteroatoms. The van der Waals surface area contributed by atoms with Crippen LogP contribution in [0.15, 0.2) is 11.3 Å². The van der Waals surface area contributed by atoms with Gasteiger partial charge in [-0.1, -0.05) is 30.7 Å². The minimum absolute atomic E-state index is 0.838. The van der Waals surface area contributed by atoms with Crippen molar-refractivity contribution in [3.05, 3.63) is 11.3 Å². The third kappa shape index (κ3) is 5.96. The Morgan fingerprint density at radius 1 is 1.38 bits per heavy atom. The van der Waals surface area contributed by atoms with Crippen LogP contribution in [-0.2, 0) is 0 Å². The Bertz CT molecular complexity index is 78.4. The molecule has 2 radical (unpaired) electrons. The fourth-order valence-electron chi connectivity index (χ4n) is 0.333. The average Bonchev–Trinajstić information content (AvgIpc) is 1.61. The van der Waals surface area contributed by atoms with Gasteiger partial charge in [-0.25, -0.2) is 0 Å². The van der Waals surface area contributed by atoms with Gasteiger partial charge in [0.2, 0.25) is 0 Å².